The van der Waals surface area contributed by atoms with Crippen LogP contribution >= 0.6 is 0 Å². The number of rotatable bonds is 8. The van der Waals surface area contributed by atoms with Crippen molar-refractivity contribution in [1.29, 1.82) is 0 Å². The summed E-state index contributed by atoms with van der Waals surface area (Å²) in [6.07, 6.45) is -1.32. The molecule has 1 aliphatic rings. The van der Waals surface area contributed by atoms with Gasteiger partial charge in [0.15, 0.2) is 6.04 Å². The number of carbonyl (C=O) groups is 2. The first-order valence-electron chi connectivity index (χ1n) is 12.2. The maximum Gasteiger partial charge on any atom is 0.407 e. The maximum absolute atomic E-state index is 13.0. The minimum absolute atomic E-state index is 0.0742. The molecule has 3 aromatic carbocycles. The summed E-state index contributed by atoms with van der Waals surface area (Å²) in [7, 11) is 0. The van der Waals surface area contributed by atoms with Crippen LogP contribution in [0.2, 0.25) is 0 Å². The Balaban J connectivity index is 1.43. The Morgan fingerprint density at radius 3 is 1.97 bits per heavy atom. The number of benzene rings is 3. The Morgan fingerprint density at radius 2 is 1.39 bits per heavy atom. The minimum Gasteiger partial charge on any atom is -0.459 e. The number of hydrogen-bond donors (Lipinski definition) is 1. The molecule has 0 spiro atoms. The van der Waals surface area contributed by atoms with Crippen molar-refractivity contribution in [1.82, 2.24) is 5.32 Å². The van der Waals surface area contributed by atoms with Crippen LogP contribution in [0, 0.1) is 0 Å². The third-order valence-corrected chi connectivity index (χ3v) is 6.10. The predicted octanol–water partition coefficient (Wildman–Crippen LogP) is 5.84. The molecule has 1 amide bonds. The van der Waals surface area contributed by atoms with Gasteiger partial charge in [0.1, 0.15) is 13.2 Å². The number of carbonyl (C=O) groups excluding carboxylic acids is 2. The molecule has 1 aliphatic carbocycles. The molecule has 3 aromatic rings. The lowest BCUT2D eigenvalue weighted by Crippen LogP contribution is -2.51. The second-order valence-corrected chi connectivity index (χ2v) is 9.98. The normalized spacial score (nSPS) is 14.3. The van der Waals surface area contributed by atoms with Gasteiger partial charge < -0.3 is 19.5 Å². The Bertz CT molecular complexity index is 1160. The molecule has 0 saturated carbocycles. The zero-order valence-electron chi connectivity index (χ0n) is 21.2. The second-order valence-electron chi connectivity index (χ2n) is 9.98. The summed E-state index contributed by atoms with van der Waals surface area (Å²) in [4.78, 5) is 25.9. The molecule has 0 saturated heterocycles. The number of nitrogens with one attached hydrogen (secondary N) is 1. The summed E-state index contributed by atoms with van der Waals surface area (Å²) in [6, 6.07) is 24.6. The van der Waals surface area contributed by atoms with Gasteiger partial charge in [0, 0.05) is 5.92 Å². The van der Waals surface area contributed by atoms with E-state index in [2.05, 4.69) is 29.6 Å². The van der Waals surface area contributed by atoms with E-state index in [-0.39, 0.29) is 19.1 Å². The average Bonchev–Trinajstić information content (AvgIpc) is 3.18. The molecule has 36 heavy (non-hydrogen) atoms. The molecule has 188 valence electrons. The molecule has 6 nitrogen and oxygen atoms in total. The molecule has 2 atom stereocenters. The van der Waals surface area contributed by atoms with E-state index in [1.54, 1.807) is 6.92 Å². The zero-order chi connectivity index (χ0) is 25.7. The molecule has 0 bridgehead atoms. The van der Waals surface area contributed by atoms with Crippen molar-refractivity contribution in [3.8, 4) is 11.1 Å². The summed E-state index contributed by atoms with van der Waals surface area (Å²) < 4.78 is 17.1. The molecule has 4 rings (SSSR count). The smallest absolute Gasteiger partial charge is 0.407 e. The Labute approximate surface area is 212 Å². The fraction of sp³-hybridized carbons (Fsp3) is 0.333. The lowest BCUT2D eigenvalue weighted by molar-refractivity contribution is -0.154. The van der Waals surface area contributed by atoms with Crippen molar-refractivity contribution in [2.24, 2.45) is 0 Å². The number of ether oxygens (including phenoxy) is 3. The molecule has 0 radical (unpaired) electrons. The van der Waals surface area contributed by atoms with Crippen LogP contribution < -0.4 is 5.32 Å². The summed E-state index contributed by atoms with van der Waals surface area (Å²) in [6.45, 7) is 7.67. The second kappa shape index (κ2) is 11.0. The number of esters is 1. The summed E-state index contributed by atoms with van der Waals surface area (Å²) in [5.74, 6) is -0.654. The maximum atomic E-state index is 13.0. The zero-order valence-corrected chi connectivity index (χ0v) is 21.2. The first-order valence-corrected chi connectivity index (χ1v) is 12.2. The summed E-state index contributed by atoms with van der Waals surface area (Å²) in [5.41, 5.74) is 4.88. The molecule has 0 aliphatic heterocycles. The van der Waals surface area contributed by atoms with Gasteiger partial charge in [0.25, 0.3) is 0 Å². The fourth-order valence-corrected chi connectivity index (χ4v) is 4.58. The van der Waals surface area contributed by atoms with Gasteiger partial charge in [0.2, 0.25) is 0 Å². The third kappa shape index (κ3) is 6.13. The van der Waals surface area contributed by atoms with Crippen LogP contribution in [0.15, 0.2) is 78.9 Å². The standard InChI is InChI=1S/C30H33NO5/c1-20(36-30(2,3)4)27(28(32)34-18-21-12-6-5-7-13-21)31-29(33)35-19-26-24-16-10-8-14-22(24)23-15-9-11-17-25(23)26/h5-17,20,26-27H,18-19H2,1-4H3,(H,31,33)/t20-,27+/m0/s1. The molecule has 0 fully saturated rings. The number of alkyl carbamates (subject to hydrolysis) is 1. The van der Waals surface area contributed by atoms with E-state index in [0.717, 1.165) is 27.8 Å². The highest BCUT2D eigenvalue weighted by Crippen LogP contribution is 2.44. The summed E-state index contributed by atoms with van der Waals surface area (Å²) in [5, 5.41) is 2.69. The molecular formula is C30H33NO5. The average molecular weight is 488 g/mol. The number of fused-ring (bicyclic) bond motifs is 3. The van der Waals surface area contributed by atoms with E-state index in [1.807, 2.05) is 75.4 Å². The molecule has 6 heteroatoms. The van der Waals surface area contributed by atoms with Gasteiger partial charge in [0.05, 0.1) is 11.7 Å². The molecule has 0 aromatic heterocycles. The van der Waals surface area contributed by atoms with Gasteiger partial charge in [-0.1, -0.05) is 78.9 Å². The first kappa shape index (κ1) is 25.5. The predicted molar refractivity (Wildman–Crippen MR) is 139 cm³/mol. The van der Waals surface area contributed by atoms with Crippen molar-refractivity contribution in [3.05, 3.63) is 95.6 Å². The molecule has 1 N–H and O–H groups in total. The lowest BCUT2D eigenvalue weighted by Gasteiger charge is -2.30. The van der Waals surface area contributed by atoms with Gasteiger partial charge in [-0.05, 0) is 55.5 Å². The van der Waals surface area contributed by atoms with Gasteiger partial charge in [-0.15, -0.1) is 0 Å². The highest BCUT2D eigenvalue weighted by molar-refractivity contribution is 5.82. The van der Waals surface area contributed by atoms with Crippen LogP contribution in [0.25, 0.3) is 11.1 Å². The minimum atomic E-state index is -1.02. The van der Waals surface area contributed by atoms with Crippen LogP contribution in [-0.2, 0) is 25.6 Å². The Morgan fingerprint density at radius 1 is 0.833 bits per heavy atom. The third-order valence-electron chi connectivity index (χ3n) is 6.10. The van der Waals surface area contributed by atoms with Gasteiger partial charge in [-0.25, -0.2) is 9.59 Å². The highest BCUT2D eigenvalue weighted by Gasteiger charge is 2.34. The van der Waals surface area contributed by atoms with Gasteiger partial charge in [-0.3, -0.25) is 0 Å². The van der Waals surface area contributed by atoms with Crippen LogP contribution in [0.1, 0.15) is 50.3 Å². The highest BCUT2D eigenvalue weighted by atomic mass is 16.6. The van der Waals surface area contributed by atoms with Crippen molar-refractivity contribution in [2.45, 2.75) is 58.0 Å². The number of amides is 1. The van der Waals surface area contributed by atoms with E-state index < -0.39 is 29.8 Å². The van der Waals surface area contributed by atoms with Crippen molar-refractivity contribution < 1.29 is 23.8 Å². The van der Waals surface area contributed by atoms with Gasteiger partial charge >= 0.3 is 12.1 Å². The number of hydrogen-bond acceptors (Lipinski definition) is 5. The van der Waals surface area contributed by atoms with E-state index >= 15 is 0 Å². The van der Waals surface area contributed by atoms with E-state index in [9.17, 15) is 9.59 Å². The van der Waals surface area contributed by atoms with Gasteiger partial charge in [-0.2, -0.15) is 0 Å². The van der Waals surface area contributed by atoms with Crippen LogP contribution in [-0.4, -0.2) is 36.4 Å². The van der Waals surface area contributed by atoms with Crippen LogP contribution in [0.4, 0.5) is 4.79 Å². The Kier molecular flexibility index (Phi) is 7.75. The van der Waals surface area contributed by atoms with E-state index in [4.69, 9.17) is 14.2 Å². The monoisotopic (exact) mass is 487 g/mol. The van der Waals surface area contributed by atoms with Crippen molar-refractivity contribution >= 4 is 12.1 Å². The fourth-order valence-electron chi connectivity index (χ4n) is 4.58. The first-order chi connectivity index (χ1) is 17.2. The van der Waals surface area contributed by atoms with E-state index in [0.29, 0.717) is 0 Å². The van der Waals surface area contributed by atoms with Crippen LogP contribution in [0.5, 0.6) is 0 Å². The molecule has 0 heterocycles. The quantitative estimate of drug-likeness (QED) is 0.404. The lowest BCUT2D eigenvalue weighted by atomic mass is 9.98. The Hall–Kier alpha value is -3.64. The molecule has 0 unspecified atom stereocenters. The SMILES string of the molecule is C[C@H](OC(C)(C)C)[C@@H](NC(=O)OCC1c2ccccc2-c2ccccc21)C(=O)OCc1ccccc1. The van der Waals surface area contributed by atoms with Crippen molar-refractivity contribution in [3.63, 3.8) is 0 Å². The largest absolute Gasteiger partial charge is 0.459 e. The topological polar surface area (TPSA) is 73.9 Å². The van der Waals surface area contributed by atoms with E-state index in [1.165, 1.54) is 0 Å². The molecular weight excluding hydrogens is 454 g/mol. The van der Waals surface area contributed by atoms with Crippen molar-refractivity contribution in [2.75, 3.05) is 6.61 Å². The summed E-state index contributed by atoms with van der Waals surface area (Å²) >= 11 is 0. The van der Waals surface area contributed by atoms with Crippen LogP contribution in [0.3, 0.4) is 0 Å².